The molecular formula is C21H26LiNO. The molecule has 0 atom stereocenters. The molecule has 0 unspecified atom stereocenters. The molecule has 2 aromatic carbocycles. The third-order valence-corrected chi connectivity index (χ3v) is 3.90. The van der Waals surface area contributed by atoms with E-state index in [0.29, 0.717) is 5.69 Å². The summed E-state index contributed by atoms with van der Waals surface area (Å²) in [6.45, 7) is 12.7. The van der Waals surface area contributed by atoms with E-state index in [1.54, 1.807) is 6.21 Å². The molecule has 0 aliphatic heterocycles. The molecule has 0 radical (unpaired) electrons. The Morgan fingerprint density at radius 1 is 0.875 bits per heavy atom. The number of benzene rings is 2. The maximum atomic E-state index is 12.8. The fraction of sp³-hybridized carbons (Fsp3) is 0.381. The maximum absolute atomic E-state index is 12.8. The van der Waals surface area contributed by atoms with Crippen LogP contribution in [0.3, 0.4) is 0 Å². The van der Waals surface area contributed by atoms with Gasteiger partial charge in [0.1, 0.15) is 0 Å². The molecule has 0 amide bonds. The number of hydrogen-bond acceptors (Lipinski definition) is 2. The Morgan fingerprint density at radius 2 is 1.46 bits per heavy atom. The van der Waals surface area contributed by atoms with Crippen molar-refractivity contribution in [3.8, 4) is 5.75 Å². The SMILES string of the molecule is CC(C)(C)c1cc(N=Cc2ccccc2)c([O-])c(C(C)(C)C)c1.[Li+]. The van der Waals surface area contributed by atoms with Crippen LogP contribution in [-0.4, -0.2) is 6.21 Å². The van der Waals surface area contributed by atoms with E-state index < -0.39 is 0 Å². The van der Waals surface area contributed by atoms with Crippen molar-refractivity contribution in [1.82, 2.24) is 0 Å². The summed E-state index contributed by atoms with van der Waals surface area (Å²) in [4.78, 5) is 4.49. The van der Waals surface area contributed by atoms with Gasteiger partial charge in [-0.05, 0) is 33.6 Å². The number of aliphatic imine (C=N–C) groups is 1. The van der Waals surface area contributed by atoms with E-state index in [4.69, 9.17) is 0 Å². The van der Waals surface area contributed by atoms with Crippen LogP contribution in [0.15, 0.2) is 47.5 Å². The molecule has 0 aliphatic rings. The van der Waals surface area contributed by atoms with E-state index in [2.05, 4.69) is 46.5 Å². The van der Waals surface area contributed by atoms with E-state index in [9.17, 15) is 5.11 Å². The summed E-state index contributed by atoms with van der Waals surface area (Å²) >= 11 is 0. The zero-order chi connectivity index (χ0) is 17.3. The van der Waals surface area contributed by atoms with Gasteiger partial charge in [-0.2, -0.15) is 0 Å². The van der Waals surface area contributed by atoms with Crippen LogP contribution in [0, 0.1) is 0 Å². The predicted molar refractivity (Wildman–Crippen MR) is 97.0 cm³/mol. The monoisotopic (exact) mass is 315 g/mol. The standard InChI is InChI=1S/C21H27NO.Li/c1-20(2,3)16-12-17(21(4,5)6)19(23)18(13-16)22-14-15-10-8-7-9-11-15;/h7-14,23H,1-6H3;/q;+1/p-1. The van der Waals surface area contributed by atoms with Crippen LogP contribution < -0.4 is 24.0 Å². The molecule has 0 aromatic heterocycles. The van der Waals surface area contributed by atoms with Crippen molar-refractivity contribution in [2.45, 2.75) is 52.4 Å². The summed E-state index contributed by atoms with van der Waals surface area (Å²) in [7, 11) is 0. The second-order valence-electron chi connectivity index (χ2n) is 8.04. The first-order valence-electron chi connectivity index (χ1n) is 8.04. The zero-order valence-corrected chi connectivity index (χ0v) is 16.0. The molecule has 0 bridgehead atoms. The van der Waals surface area contributed by atoms with Crippen LogP contribution in [0.5, 0.6) is 5.75 Å². The van der Waals surface area contributed by atoms with Crippen molar-refractivity contribution in [3.05, 3.63) is 59.2 Å². The fourth-order valence-corrected chi connectivity index (χ4v) is 2.38. The average molecular weight is 315 g/mol. The minimum Gasteiger partial charge on any atom is -0.871 e. The summed E-state index contributed by atoms with van der Waals surface area (Å²) in [5.74, 6) is 0.0256. The van der Waals surface area contributed by atoms with Gasteiger partial charge >= 0.3 is 18.9 Å². The van der Waals surface area contributed by atoms with E-state index in [-0.39, 0.29) is 35.4 Å². The van der Waals surface area contributed by atoms with Gasteiger partial charge in [-0.25, -0.2) is 0 Å². The van der Waals surface area contributed by atoms with Crippen LogP contribution >= 0.6 is 0 Å². The minimum atomic E-state index is -0.199. The molecule has 2 aromatic rings. The van der Waals surface area contributed by atoms with Crippen molar-refractivity contribution < 1.29 is 24.0 Å². The van der Waals surface area contributed by atoms with Crippen LogP contribution in [-0.2, 0) is 10.8 Å². The van der Waals surface area contributed by atoms with E-state index in [1.165, 1.54) is 0 Å². The van der Waals surface area contributed by atoms with Crippen molar-refractivity contribution in [2.75, 3.05) is 0 Å². The van der Waals surface area contributed by atoms with E-state index in [1.807, 2.05) is 42.5 Å². The van der Waals surface area contributed by atoms with Crippen molar-refractivity contribution in [3.63, 3.8) is 0 Å². The van der Waals surface area contributed by atoms with Gasteiger partial charge in [0.2, 0.25) is 0 Å². The van der Waals surface area contributed by atoms with Crippen LogP contribution in [0.25, 0.3) is 0 Å². The van der Waals surface area contributed by atoms with Crippen LogP contribution in [0.1, 0.15) is 58.2 Å². The number of nitrogens with zero attached hydrogens (tertiary/aromatic N) is 1. The molecule has 2 nitrogen and oxygen atoms in total. The van der Waals surface area contributed by atoms with Gasteiger partial charge in [-0.1, -0.05) is 83.7 Å². The van der Waals surface area contributed by atoms with Gasteiger partial charge in [0.05, 0.1) is 5.69 Å². The van der Waals surface area contributed by atoms with E-state index >= 15 is 0 Å². The molecule has 2 rings (SSSR count). The Morgan fingerprint density at radius 3 is 1.96 bits per heavy atom. The fourth-order valence-electron chi connectivity index (χ4n) is 2.38. The van der Waals surface area contributed by atoms with Gasteiger partial charge in [0, 0.05) is 6.21 Å². The molecule has 0 spiro atoms. The van der Waals surface area contributed by atoms with Gasteiger partial charge in [-0.15, -0.1) is 0 Å². The molecule has 0 saturated heterocycles. The summed E-state index contributed by atoms with van der Waals surface area (Å²) in [6, 6.07) is 13.8. The minimum absolute atomic E-state index is 0. The average Bonchev–Trinajstić information content (AvgIpc) is 2.44. The Bertz CT molecular complexity index is 707. The summed E-state index contributed by atoms with van der Waals surface area (Å²) in [5.41, 5.74) is 3.25. The molecule has 0 aliphatic carbocycles. The summed E-state index contributed by atoms with van der Waals surface area (Å²) in [5, 5.41) is 12.8. The van der Waals surface area contributed by atoms with E-state index in [0.717, 1.165) is 16.7 Å². The first-order chi connectivity index (χ1) is 10.6. The first kappa shape index (κ1) is 20.6. The largest absolute Gasteiger partial charge is 1.00 e. The Labute approximate surface area is 158 Å². The molecule has 3 heteroatoms. The second-order valence-corrected chi connectivity index (χ2v) is 8.04. The molecule has 0 N–H and O–H groups in total. The van der Waals surface area contributed by atoms with Gasteiger partial charge in [0.15, 0.2) is 0 Å². The summed E-state index contributed by atoms with van der Waals surface area (Å²) < 4.78 is 0. The van der Waals surface area contributed by atoms with Crippen molar-refractivity contribution >= 4 is 11.9 Å². The second kappa shape index (κ2) is 7.60. The van der Waals surface area contributed by atoms with Gasteiger partial charge < -0.3 is 5.11 Å². The van der Waals surface area contributed by atoms with Crippen molar-refractivity contribution in [1.29, 1.82) is 0 Å². The Kier molecular flexibility index (Phi) is 6.50. The van der Waals surface area contributed by atoms with Gasteiger partial charge in [-0.3, -0.25) is 4.99 Å². The third kappa shape index (κ3) is 5.00. The zero-order valence-electron chi connectivity index (χ0n) is 16.0. The third-order valence-electron chi connectivity index (χ3n) is 3.90. The Balaban J connectivity index is 0.00000288. The quantitative estimate of drug-likeness (QED) is 0.617. The smallest absolute Gasteiger partial charge is 0.871 e. The first-order valence-corrected chi connectivity index (χ1v) is 8.04. The Hall–Kier alpha value is -1.49. The molecule has 24 heavy (non-hydrogen) atoms. The molecule has 122 valence electrons. The topological polar surface area (TPSA) is 35.4 Å². The molecular weight excluding hydrogens is 289 g/mol. The maximum Gasteiger partial charge on any atom is 1.00 e. The number of hydrogen-bond donors (Lipinski definition) is 0. The predicted octanol–water partition coefficient (Wildman–Crippen LogP) is 2.11. The van der Waals surface area contributed by atoms with Gasteiger partial charge in [0.25, 0.3) is 0 Å². The van der Waals surface area contributed by atoms with Crippen LogP contribution in [0.2, 0.25) is 0 Å². The van der Waals surface area contributed by atoms with Crippen molar-refractivity contribution in [2.24, 2.45) is 4.99 Å². The summed E-state index contributed by atoms with van der Waals surface area (Å²) in [6.07, 6.45) is 1.76. The normalized spacial score (nSPS) is 12.2. The number of rotatable bonds is 2. The molecule has 0 fully saturated rings. The van der Waals surface area contributed by atoms with Crippen LogP contribution in [0.4, 0.5) is 5.69 Å². The molecule has 0 heterocycles. The molecule has 0 saturated carbocycles.